The van der Waals surface area contributed by atoms with Crippen LogP contribution in [0.25, 0.3) is 0 Å². The Labute approximate surface area is 163 Å². The fraction of sp³-hybridized carbons (Fsp3) is 0.421. The van der Waals surface area contributed by atoms with E-state index in [-0.39, 0.29) is 18.0 Å². The molecular weight excluding hydrogens is 368 g/mol. The van der Waals surface area contributed by atoms with Crippen LogP contribution in [0.3, 0.4) is 0 Å². The highest BCUT2D eigenvalue weighted by molar-refractivity contribution is 6.31. The number of nitrogens with one attached hydrogen (secondary N) is 1. The van der Waals surface area contributed by atoms with Gasteiger partial charge in [-0.3, -0.25) is 4.79 Å². The van der Waals surface area contributed by atoms with Gasteiger partial charge in [0, 0.05) is 37.8 Å². The van der Waals surface area contributed by atoms with E-state index in [1.165, 1.54) is 6.26 Å². The summed E-state index contributed by atoms with van der Waals surface area (Å²) < 4.78 is 4.75. The molecule has 0 aliphatic carbocycles. The first-order valence-corrected chi connectivity index (χ1v) is 9.29. The Bertz CT molecular complexity index is 809. The predicted molar refractivity (Wildman–Crippen MR) is 102 cm³/mol. The SMILES string of the molecule is Cc1cc(CNC(=O)N(C)[C@@H]2CCCN(C(=O)c3ccon3)C2)ccc1Cl. The van der Waals surface area contributed by atoms with E-state index in [2.05, 4.69) is 10.5 Å². The van der Waals surface area contributed by atoms with Gasteiger partial charge < -0.3 is 19.6 Å². The van der Waals surface area contributed by atoms with Gasteiger partial charge in [0.25, 0.3) is 5.91 Å². The summed E-state index contributed by atoms with van der Waals surface area (Å²) >= 11 is 6.03. The monoisotopic (exact) mass is 390 g/mol. The molecule has 7 nitrogen and oxygen atoms in total. The molecule has 1 aromatic carbocycles. The van der Waals surface area contributed by atoms with Crippen molar-refractivity contribution < 1.29 is 14.1 Å². The first-order valence-electron chi connectivity index (χ1n) is 8.91. The van der Waals surface area contributed by atoms with Crippen molar-refractivity contribution in [3.8, 4) is 0 Å². The normalized spacial score (nSPS) is 16.9. The van der Waals surface area contributed by atoms with E-state index >= 15 is 0 Å². The summed E-state index contributed by atoms with van der Waals surface area (Å²) in [5.74, 6) is -0.168. The number of aryl methyl sites for hydroxylation is 1. The van der Waals surface area contributed by atoms with Crippen LogP contribution >= 0.6 is 11.6 Å². The Hall–Kier alpha value is -2.54. The molecule has 0 spiro atoms. The zero-order valence-electron chi connectivity index (χ0n) is 15.4. The molecular formula is C19H23ClN4O3. The minimum atomic E-state index is -0.168. The summed E-state index contributed by atoms with van der Waals surface area (Å²) in [5.41, 5.74) is 2.26. The first-order chi connectivity index (χ1) is 13.0. The van der Waals surface area contributed by atoms with Gasteiger partial charge in [0.05, 0.1) is 6.04 Å². The topological polar surface area (TPSA) is 78.7 Å². The van der Waals surface area contributed by atoms with Gasteiger partial charge in [-0.15, -0.1) is 0 Å². The number of aromatic nitrogens is 1. The van der Waals surface area contributed by atoms with Crippen LogP contribution < -0.4 is 5.32 Å². The van der Waals surface area contributed by atoms with Gasteiger partial charge in [0.15, 0.2) is 5.69 Å². The summed E-state index contributed by atoms with van der Waals surface area (Å²) in [6.45, 7) is 3.50. The number of amides is 3. The van der Waals surface area contributed by atoms with Crippen LogP contribution in [0.5, 0.6) is 0 Å². The molecule has 2 aromatic rings. The lowest BCUT2D eigenvalue weighted by atomic mass is 10.0. The van der Waals surface area contributed by atoms with Crippen molar-refractivity contribution in [2.24, 2.45) is 0 Å². The van der Waals surface area contributed by atoms with Crippen LogP contribution in [0.2, 0.25) is 5.02 Å². The molecule has 1 aromatic heterocycles. The Kier molecular flexibility index (Phi) is 6.01. The lowest BCUT2D eigenvalue weighted by Crippen LogP contribution is -2.52. The Morgan fingerprint density at radius 2 is 2.22 bits per heavy atom. The minimum Gasteiger partial charge on any atom is -0.364 e. The number of likely N-dealkylation sites (tertiary alicyclic amines) is 1. The molecule has 0 bridgehead atoms. The van der Waals surface area contributed by atoms with Gasteiger partial charge in [-0.05, 0) is 37.0 Å². The molecule has 1 saturated heterocycles. The molecule has 2 heterocycles. The number of piperidine rings is 1. The van der Waals surface area contributed by atoms with Gasteiger partial charge in [-0.2, -0.15) is 0 Å². The Morgan fingerprint density at radius 1 is 1.41 bits per heavy atom. The fourth-order valence-corrected chi connectivity index (χ4v) is 3.34. The van der Waals surface area contributed by atoms with E-state index in [1.807, 2.05) is 25.1 Å². The molecule has 8 heteroatoms. The highest BCUT2D eigenvalue weighted by Crippen LogP contribution is 2.18. The lowest BCUT2D eigenvalue weighted by Gasteiger charge is -2.37. The van der Waals surface area contributed by atoms with Crippen LogP contribution in [0.4, 0.5) is 4.79 Å². The maximum Gasteiger partial charge on any atom is 0.317 e. The van der Waals surface area contributed by atoms with Crippen LogP contribution in [0.1, 0.15) is 34.5 Å². The zero-order chi connectivity index (χ0) is 19.4. The second-order valence-electron chi connectivity index (χ2n) is 6.79. The predicted octanol–water partition coefficient (Wildman–Crippen LogP) is 3.08. The maximum atomic E-state index is 12.5. The molecule has 0 saturated carbocycles. The molecule has 1 aliphatic rings. The number of likely N-dealkylation sites (N-methyl/N-ethyl adjacent to an activating group) is 1. The third-order valence-electron chi connectivity index (χ3n) is 4.87. The van der Waals surface area contributed by atoms with Gasteiger partial charge in [-0.25, -0.2) is 4.79 Å². The lowest BCUT2D eigenvalue weighted by molar-refractivity contribution is 0.0626. The number of urea groups is 1. The van der Waals surface area contributed by atoms with E-state index in [0.717, 1.165) is 24.0 Å². The molecule has 27 heavy (non-hydrogen) atoms. The van der Waals surface area contributed by atoms with Crippen molar-refractivity contribution in [1.29, 1.82) is 0 Å². The zero-order valence-corrected chi connectivity index (χ0v) is 16.2. The summed E-state index contributed by atoms with van der Waals surface area (Å²) in [6, 6.07) is 7.04. The number of benzene rings is 1. The van der Waals surface area contributed by atoms with E-state index in [0.29, 0.717) is 30.4 Å². The first kappa shape index (κ1) is 19.2. The number of hydrogen-bond donors (Lipinski definition) is 1. The van der Waals surface area contributed by atoms with Gasteiger partial charge in [-0.1, -0.05) is 28.9 Å². The van der Waals surface area contributed by atoms with Crippen LogP contribution in [-0.4, -0.2) is 53.1 Å². The summed E-state index contributed by atoms with van der Waals surface area (Å²) in [6.07, 6.45) is 3.07. The molecule has 1 N–H and O–H groups in total. The minimum absolute atomic E-state index is 0.0402. The fourth-order valence-electron chi connectivity index (χ4n) is 3.23. The van der Waals surface area contributed by atoms with E-state index in [1.54, 1.807) is 22.9 Å². The quantitative estimate of drug-likeness (QED) is 0.870. The molecule has 1 atom stereocenters. The highest BCUT2D eigenvalue weighted by Gasteiger charge is 2.29. The second-order valence-corrected chi connectivity index (χ2v) is 7.19. The molecule has 0 radical (unpaired) electrons. The average Bonchev–Trinajstić information content (AvgIpc) is 3.22. The largest absolute Gasteiger partial charge is 0.364 e. The van der Waals surface area contributed by atoms with E-state index in [9.17, 15) is 9.59 Å². The van der Waals surface area contributed by atoms with Crippen molar-refractivity contribution >= 4 is 23.5 Å². The van der Waals surface area contributed by atoms with Crippen molar-refractivity contribution in [1.82, 2.24) is 20.3 Å². The number of halogens is 1. The van der Waals surface area contributed by atoms with Gasteiger partial charge >= 0.3 is 6.03 Å². The average molecular weight is 391 g/mol. The third-order valence-corrected chi connectivity index (χ3v) is 5.30. The molecule has 144 valence electrons. The van der Waals surface area contributed by atoms with Crippen molar-refractivity contribution in [3.05, 3.63) is 52.4 Å². The molecule has 1 aliphatic heterocycles. The molecule has 0 unspecified atom stereocenters. The number of carbonyl (C=O) groups is 2. The number of carbonyl (C=O) groups excluding carboxylic acids is 2. The number of rotatable bonds is 4. The summed E-state index contributed by atoms with van der Waals surface area (Å²) in [7, 11) is 1.76. The maximum absolute atomic E-state index is 12.5. The second kappa shape index (κ2) is 8.43. The smallest absolute Gasteiger partial charge is 0.317 e. The Balaban J connectivity index is 1.55. The van der Waals surface area contributed by atoms with Crippen molar-refractivity contribution in [2.75, 3.05) is 20.1 Å². The van der Waals surface area contributed by atoms with E-state index < -0.39 is 0 Å². The third kappa shape index (κ3) is 4.60. The van der Waals surface area contributed by atoms with Crippen LogP contribution in [0, 0.1) is 6.92 Å². The standard InChI is InChI=1S/C19H23ClN4O3/c1-13-10-14(5-6-16(13)20)11-21-19(26)23(2)15-4-3-8-24(12-15)18(25)17-7-9-27-22-17/h5-7,9-10,15H,3-4,8,11-12H2,1-2H3,(H,21,26)/t15-/m1/s1. The van der Waals surface area contributed by atoms with Crippen LogP contribution in [-0.2, 0) is 6.54 Å². The van der Waals surface area contributed by atoms with E-state index in [4.69, 9.17) is 16.1 Å². The number of nitrogens with zero attached hydrogens (tertiary/aromatic N) is 3. The van der Waals surface area contributed by atoms with Crippen molar-refractivity contribution in [3.63, 3.8) is 0 Å². The molecule has 1 fully saturated rings. The van der Waals surface area contributed by atoms with Gasteiger partial charge in [0.1, 0.15) is 6.26 Å². The summed E-state index contributed by atoms with van der Waals surface area (Å²) in [5, 5.41) is 7.34. The Morgan fingerprint density at radius 3 is 2.93 bits per heavy atom. The summed E-state index contributed by atoms with van der Waals surface area (Å²) in [4.78, 5) is 28.4. The van der Waals surface area contributed by atoms with Crippen LogP contribution in [0.15, 0.2) is 35.1 Å². The van der Waals surface area contributed by atoms with Crippen molar-refractivity contribution in [2.45, 2.75) is 32.4 Å². The molecule has 3 rings (SSSR count). The van der Waals surface area contributed by atoms with Gasteiger partial charge in [0.2, 0.25) is 0 Å². The molecule has 3 amide bonds. The number of hydrogen-bond acceptors (Lipinski definition) is 4. The highest BCUT2D eigenvalue weighted by atomic mass is 35.5.